The molecule has 7 heteroatoms. The molecule has 1 aromatic rings. The van der Waals surface area contributed by atoms with E-state index in [0.29, 0.717) is 23.6 Å². The Morgan fingerprint density at radius 2 is 2.08 bits per heavy atom. The SMILES string of the molecule is Cc1ccc(NC(=O)CCC2CCNC2)cc1S(=O)(=O)NC1CC1. The summed E-state index contributed by atoms with van der Waals surface area (Å²) in [4.78, 5) is 12.3. The Hall–Kier alpha value is -1.44. The molecule has 1 heterocycles. The van der Waals surface area contributed by atoms with E-state index in [2.05, 4.69) is 15.4 Å². The van der Waals surface area contributed by atoms with Crippen LogP contribution in [-0.4, -0.2) is 33.5 Å². The number of amides is 1. The van der Waals surface area contributed by atoms with Crippen LogP contribution < -0.4 is 15.4 Å². The summed E-state index contributed by atoms with van der Waals surface area (Å²) in [6, 6.07) is 5.10. The van der Waals surface area contributed by atoms with Gasteiger partial charge in [-0.3, -0.25) is 4.79 Å². The number of benzene rings is 1. The molecule has 3 rings (SSSR count). The summed E-state index contributed by atoms with van der Waals surface area (Å²) in [5.74, 6) is 0.497. The molecule has 3 N–H and O–H groups in total. The first kappa shape index (κ1) is 17.4. The minimum absolute atomic E-state index is 0.0627. The Morgan fingerprint density at radius 1 is 1.29 bits per heavy atom. The molecule has 2 fully saturated rings. The summed E-state index contributed by atoms with van der Waals surface area (Å²) < 4.78 is 27.5. The molecule has 1 atom stereocenters. The predicted molar refractivity (Wildman–Crippen MR) is 93.4 cm³/mol. The van der Waals surface area contributed by atoms with E-state index in [0.717, 1.165) is 38.8 Å². The number of carbonyl (C=O) groups excluding carboxylic acids is 1. The average molecular weight is 351 g/mol. The summed E-state index contributed by atoms with van der Waals surface area (Å²) in [6.45, 7) is 3.77. The molecule has 2 aliphatic rings. The van der Waals surface area contributed by atoms with Gasteiger partial charge >= 0.3 is 0 Å². The molecule has 0 bridgehead atoms. The number of nitrogens with one attached hydrogen (secondary N) is 3. The number of aryl methyl sites for hydroxylation is 1. The molecule has 0 aromatic heterocycles. The van der Waals surface area contributed by atoms with Crippen LogP contribution in [0.3, 0.4) is 0 Å². The maximum atomic E-state index is 12.4. The first-order chi connectivity index (χ1) is 11.4. The van der Waals surface area contributed by atoms with Crippen LogP contribution in [0.2, 0.25) is 0 Å². The summed E-state index contributed by atoms with van der Waals surface area (Å²) in [5, 5.41) is 6.11. The zero-order valence-corrected chi connectivity index (χ0v) is 14.8. The smallest absolute Gasteiger partial charge is 0.241 e. The van der Waals surface area contributed by atoms with E-state index in [-0.39, 0.29) is 16.8 Å². The van der Waals surface area contributed by atoms with E-state index in [1.54, 1.807) is 25.1 Å². The summed E-state index contributed by atoms with van der Waals surface area (Å²) >= 11 is 0. The minimum atomic E-state index is -3.52. The van der Waals surface area contributed by atoms with Gasteiger partial charge in [0.2, 0.25) is 15.9 Å². The van der Waals surface area contributed by atoms with Crippen molar-refractivity contribution in [1.29, 1.82) is 0 Å². The van der Waals surface area contributed by atoms with Gasteiger partial charge in [-0.2, -0.15) is 0 Å². The molecule has 24 heavy (non-hydrogen) atoms. The van der Waals surface area contributed by atoms with Crippen molar-refractivity contribution < 1.29 is 13.2 Å². The Labute approximate surface area is 143 Å². The van der Waals surface area contributed by atoms with Crippen LogP contribution >= 0.6 is 0 Å². The maximum Gasteiger partial charge on any atom is 0.241 e. The Balaban J connectivity index is 1.63. The fourth-order valence-corrected chi connectivity index (χ4v) is 4.55. The van der Waals surface area contributed by atoms with Gasteiger partial charge < -0.3 is 10.6 Å². The molecular weight excluding hydrogens is 326 g/mol. The normalized spacial score (nSPS) is 21.0. The van der Waals surface area contributed by atoms with Crippen LogP contribution in [0.5, 0.6) is 0 Å². The van der Waals surface area contributed by atoms with Crippen molar-refractivity contribution in [3.63, 3.8) is 0 Å². The molecule has 1 unspecified atom stereocenters. The summed E-state index contributed by atoms with van der Waals surface area (Å²) in [6.07, 6.45) is 4.23. The number of hydrogen-bond acceptors (Lipinski definition) is 4. The van der Waals surface area contributed by atoms with E-state index >= 15 is 0 Å². The fraction of sp³-hybridized carbons (Fsp3) is 0.588. The molecule has 1 amide bonds. The van der Waals surface area contributed by atoms with Crippen molar-refractivity contribution in [3.05, 3.63) is 23.8 Å². The molecule has 1 aliphatic heterocycles. The molecule has 0 spiro atoms. The van der Waals surface area contributed by atoms with E-state index < -0.39 is 10.0 Å². The van der Waals surface area contributed by atoms with E-state index in [1.807, 2.05) is 0 Å². The van der Waals surface area contributed by atoms with E-state index in [4.69, 9.17) is 0 Å². The van der Waals surface area contributed by atoms with Crippen LogP contribution in [-0.2, 0) is 14.8 Å². The molecule has 1 aliphatic carbocycles. The third-order valence-corrected chi connectivity index (χ3v) is 6.27. The Morgan fingerprint density at radius 3 is 2.75 bits per heavy atom. The highest BCUT2D eigenvalue weighted by molar-refractivity contribution is 7.89. The zero-order valence-electron chi connectivity index (χ0n) is 14.0. The fourth-order valence-electron chi connectivity index (χ4n) is 2.97. The summed E-state index contributed by atoms with van der Waals surface area (Å²) in [7, 11) is -3.52. The second-order valence-corrected chi connectivity index (χ2v) is 8.50. The molecule has 0 radical (unpaired) electrons. The van der Waals surface area contributed by atoms with Gasteiger partial charge in [-0.1, -0.05) is 6.07 Å². The second-order valence-electron chi connectivity index (χ2n) is 6.82. The number of hydrogen-bond donors (Lipinski definition) is 3. The molecule has 1 saturated heterocycles. The van der Waals surface area contributed by atoms with E-state index in [1.165, 1.54) is 0 Å². The number of carbonyl (C=O) groups is 1. The van der Waals surface area contributed by atoms with Gasteiger partial charge in [-0.05, 0) is 69.3 Å². The molecule has 132 valence electrons. The maximum absolute atomic E-state index is 12.4. The highest BCUT2D eigenvalue weighted by Crippen LogP contribution is 2.25. The van der Waals surface area contributed by atoms with Gasteiger partial charge in [0.05, 0.1) is 4.90 Å². The highest BCUT2D eigenvalue weighted by Gasteiger charge is 2.29. The lowest BCUT2D eigenvalue weighted by Crippen LogP contribution is -2.26. The topological polar surface area (TPSA) is 87.3 Å². The number of anilines is 1. The largest absolute Gasteiger partial charge is 0.326 e. The minimum Gasteiger partial charge on any atom is -0.326 e. The van der Waals surface area contributed by atoms with Gasteiger partial charge in [0, 0.05) is 18.2 Å². The van der Waals surface area contributed by atoms with E-state index in [9.17, 15) is 13.2 Å². The van der Waals surface area contributed by atoms with Crippen molar-refractivity contribution in [1.82, 2.24) is 10.0 Å². The monoisotopic (exact) mass is 351 g/mol. The summed E-state index contributed by atoms with van der Waals surface area (Å²) in [5.41, 5.74) is 1.21. The van der Waals surface area contributed by atoms with Crippen molar-refractivity contribution in [2.45, 2.75) is 50.0 Å². The van der Waals surface area contributed by atoms with Crippen LogP contribution in [0, 0.1) is 12.8 Å². The zero-order chi connectivity index (χ0) is 17.2. The van der Waals surface area contributed by atoms with Gasteiger partial charge in [0.25, 0.3) is 0 Å². The van der Waals surface area contributed by atoms with Crippen LogP contribution in [0.25, 0.3) is 0 Å². The Kier molecular flexibility index (Phi) is 5.22. The highest BCUT2D eigenvalue weighted by atomic mass is 32.2. The van der Waals surface area contributed by atoms with Crippen molar-refractivity contribution >= 4 is 21.6 Å². The second kappa shape index (κ2) is 7.21. The predicted octanol–water partition coefficient (Wildman–Crippen LogP) is 1.76. The molecular formula is C17H25N3O3S. The van der Waals surface area contributed by atoms with Crippen LogP contribution in [0.15, 0.2) is 23.1 Å². The lowest BCUT2D eigenvalue weighted by Gasteiger charge is -2.12. The standard InChI is InChI=1S/C17H25N3O3S/c1-12-2-4-15(10-16(12)24(22,23)20-14-5-6-14)19-17(21)7-3-13-8-9-18-11-13/h2,4,10,13-14,18,20H,3,5-9,11H2,1H3,(H,19,21). The molecule has 1 aromatic carbocycles. The van der Waals surface area contributed by atoms with Crippen LogP contribution in [0.1, 0.15) is 37.7 Å². The third kappa shape index (κ3) is 4.55. The van der Waals surface area contributed by atoms with Crippen molar-refractivity contribution in [2.24, 2.45) is 5.92 Å². The van der Waals surface area contributed by atoms with Gasteiger partial charge in [0.15, 0.2) is 0 Å². The first-order valence-corrected chi connectivity index (χ1v) is 10.1. The average Bonchev–Trinajstić information content (AvgIpc) is 3.17. The lowest BCUT2D eigenvalue weighted by atomic mass is 10.0. The lowest BCUT2D eigenvalue weighted by molar-refractivity contribution is -0.116. The van der Waals surface area contributed by atoms with Crippen molar-refractivity contribution in [2.75, 3.05) is 18.4 Å². The van der Waals surface area contributed by atoms with Crippen molar-refractivity contribution in [3.8, 4) is 0 Å². The quantitative estimate of drug-likeness (QED) is 0.699. The third-order valence-electron chi connectivity index (χ3n) is 4.60. The van der Waals surface area contributed by atoms with Crippen LogP contribution in [0.4, 0.5) is 5.69 Å². The van der Waals surface area contributed by atoms with Gasteiger partial charge in [-0.25, -0.2) is 13.1 Å². The van der Waals surface area contributed by atoms with Gasteiger partial charge in [-0.15, -0.1) is 0 Å². The first-order valence-electron chi connectivity index (χ1n) is 8.57. The molecule has 6 nitrogen and oxygen atoms in total. The number of rotatable bonds is 7. The van der Waals surface area contributed by atoms with Gasteiger partial charge in [0.1, 0.15) is 0 Å². The Bertz CT molecular complexity index is 708. The number of sulfonamides is 1. The molecule has 1 saturated carbocycles.